The van der Waals surface area contributed by atoms with Gasteiger partial charge in [-0.05, 0) is 49.2 Å². The molecule has 2 aromatic carbocycles. The number of ether oxygens (including phenoxy) is 4. The van der Waals surface area contributed by atoms with Crippen LogP contribution in [0.1, 0.15) is 35.8 Å². The zero-order valence-corrected chi connectivity index (χ0v) is 24.0. The molecule has 0 saturated carbocycles. The maximum Gasteiger partial charge on any atom is 0.243 e. The van der Waals surface area contributed by atoms with Crippen molar-refractivity contribution in [3.05, 3.63) is 77.6 Å². The lowest BCUT2D eigenvalue weighted by Crippen LogP contribution is -2.33. The molecule has 12 nitrogen and oxygen atoms in total. The fraction of sp³-hybridized carbons (Fsp3) is 0.333. The lowest BCUT2D eigenvalue weighted by molar-refractivity contribution is 0.0949. The molecule has 4 rings (SSSR count). The molecule has 0 aliphatic heterocycles. The van der Waals surface area contributed by atoms with Crippen molar-refractivity contribution in [2.24, 2.45) is 0 Å². The van der Waals surface area contributed by atoms with Gasteiger partial charge >= 0.3 is 0 Å². The van der Waals surface area contributed by atoms with E-state index < -0.39 is 21.4 Å². The summed E-state index contributed by atoms with van der Waals surface area (Å²) >= 11 is 0. The van der Waals surface area contributed by atoms with Crippen LogP contribution < -0.4 is 18.9 Å². The van der Waals surface area contributed by atoms with E-state index in [1.807, 2.05) is 31.2 Å². The van der Waals surface area contributed by atoms with Crippen LogP contribution in [-0.2, 0) is 21.2 Å². The summed E-state index contributed by atoms with van der Waals surface area (Å²) in [5.41, 5.74) is 2.19. The average molecular weight is 569 g/mol. The summed E-state index contributed by atoms with van der Waals surface area (Å²) in [5.74, 6) is 2.24. The number of para-hydroxylation sites is 1. The largest absolute Gasteiger partial charge is 0.497 e. The highest BCUT2D eigenvalue weighted by atomic mass is 32.2. The molecule has 40 heavy (non-hydrogen) atoms. The number of rotatable bonds is 12. The molecule has 2 aromatic heterocycles. The second kappa shape index (κ2) is 12.3. The van der Waals surface area contributed by atoms with E-state index in [2.05, 4.69) is 24.9 Å². The van der Waals surface area contributed by atoms with Gasteiger partial charge in [0.25, 0.3) is 0 Å². The molecule has 13 heteroatoms. The topological polar surface area (TPSA) is 140 Å². The molecular weight excluding hydrogens is 536 g/mol. The summed E-state index contributed by atoms with van der Waals surface area (Å²) in [6.07, 6.45) is 2.61. The Hall–Kier alpha value is -4.23. The molecule has 1 N–H and O–H groups in total. The first-order valence-corrected chi connectivity index (χ1v) is 13.9. The molecular formula is C27H32N6O6S. The van der Waals surface area contributed by atoms with Crippen molar-refractivity contribution in [1.29, 1.82) is 0 Å². The molecule has 0 unspecified atom stereocenters. The van der Waals surface area contributed by atoms with Crippen molar-refractivity contribution in [1.82, 2.24) is 24.7 Å². The SMILES string of the molecule is COc1ccc(Cc2nnc(NS(=O)(=O)[C@@H](C)[C@H](OC)c3ncc(C)cn3)n2-c2c(OC)cccc2OC)cc1. The summed E-state index contributed by atoms with van der Waals surface area (Å²) in [4.78, 5) is 8.52. The Kier molecular flexibility index (Phi) is 8.85. The van der Waals surface area contributed by atoms with Crippen molar-refractivity contribution in [3.8, 4) is 22.9 Å². The van der Waals surface area contributed by atoms with Gasteiger partial charge < -0.3 is 18.9 Å². The van der Waals surface area contributed by atoms with Gasteiger partial charge in [-0.25, -0.2) is 18.4 Å². The number of hydrogen-bond acceptors (Lipinski definition) is 10. The molecule has 0 bridgehead atoms. The summed E-state index contributed by atoms with van der Waals surface area (Å²) in [6, 6.07) is 12.7. The number of anilines is 1. The standard InChI is InChI=1S/C27H32N6O6S/c1-17-15-28-26(29-16-17)25(39-6)18(2)40(34,35)32-27-31-30-23(14-19-10-12-20(36-3)13-11-19)33(27)24-21(37-4)8-7-9-22(24)38-5/h7-13,15-16,18,25H,14H2,1-6H3,(H,31,32)/t18-,25-/m0/s1. The van der Waals surface area contributed by atoms with Crippen LogP contribution in [0.25, 0.3) is 5.69 Å². The highest BCUT2D eigenvalue weighted by molar-refractivity contribution is 7.93. The monoisotopic (exact) mass is 568 g/mol. The summed E-state index contributed by atoms with van der Waals surface area (Å²) in [7, 11) is 1.94. The number of sulfonamides is 1. The van der Waals surface area contributed by atoms with Gasteiger partial charge in [-0.2, -0.15) is 0 Å². The van der Waals surface area contributed by atoms with Gasteiger partial charge in [0.15, 0.2) is 5.82 Å². The Morgan fingerprint density at radius 1 is 0.900 bits per heavy atom. The van der Waals surface area contributed by atoms with E-state index in [0.29, 0.717) is 35.2 Å². The number of nitrogens with zero attached hydrogens (tertiary/aromatic N) is 5. The zero-order valence-electron chi connectivity index (χ0n) is 23.2. The third-order valence-electron chi connectivity index (χ3n) is 6.34. The molecule has 0 fully saturated rings. The second-order valence-electron chi connectivity index (χ2n) is 8.94. The summed E-state index contributed by atoms with van der Waals surface area (Å²) in [5, 5.41) is 7.48. The average Bonchev–Trinajstić information content (AvgIpc) is 3.34. The summed E-state index contributed by atoms with van der Waals surface area (Å²) < 4.78 is 53.5. The molecule has 0 spiro atoms. The van der Waals surface area contributed by atoms with Gasteiger partial charge in [-0.15, -0.1) is 10.2 Å². The number of nitrogens with one attached hydrogen (secondary N) is 1. The van der Waals surface area contributed by atoms with Crippen LogP contribution in [0, 0.1) is 6.92 Å². The molecule has 0 aliphatic rings. The first-order valence-electron chi connectivity index (χ1n) is 12.3. The number of aryl methyl sites for hydroxylation is 1. The number of methoxy groups -OCH3 is 4. The molecule has 2 heterocycles. The Bertz CT molecular complexity index is 1520. The molecule has 0 amide bonds. The third kappa shape index (κ3) is 6.00. The van der Waals surface area contributed by atoms with Gasteiger partial charge in [0.1, 0.15) is 40.1 Å². The Labute approximate surface area is 233 Å². The van der Waals surface area contributed by atoms with Gasteiger partial charge in [0.05, 0.1) is 21.3 Å². The van der Waals surface area contributed by atoms with Crippen LogP contribution >= 0.6 is 0 Å². The van der Waals surface area contributed by atoms with Gasteiger partial charge in [0, 0.05) is 25.9 Å². The van der Waals surface area contributed by atoms with Crippen LogP contribution in [-0.4, -0.2) is 66.8 Å². The van der Waals surface area contributed by atoms with Gasteiger partial charge in [-0.3, -0.25) is 9.29 Å². The maximum absolute atomic E-state index is 13.7. The van der Waals surface area contributed by atoms with Gasteiger partial charge in [-0.1, -0.05) is 18.2 Å². The predicted octanol–water partition coefficient (Wildman–Crippen LogP) is 3.50. The second-order valence-corrected chi connectivity index (χ2v) is 11.0. The number of aromatic nitrogens is 5. The Morgan fingerprint density at radius 3 is 2.08 bits per heavy atom. The fourth-order valence-electron chi connectivity index (χ4n) is 4.15. The quantitative estimate of drug-likeness (QED) is 0.270. The van der Waals surface area contributed by atoms with Crippen LogP contribution in [0.4, 0.5) is 5.95 Å². The number of hydrogen-bond donors (Lipinski definition) is 1. The molecule has 0 radical (unpaired) electrons. The van der Waals surface area contributed by atoms with Crippen molar-refractivity contribution in [2.45, 2.75) is 31.6 Å². The lowest BCUT2D eigenvalue weighted by atomic mass is 10.1. The van der Waals surface area contributed by atoms with Crippen LogP contribution in [0.15, 0.2) is 54.9 Å². The number of benzene rings is 2. The van der Waals surface area contributed by atoms with Crippen molar-refractivity contribution >= 4 is 16.0 Å². The van der Waals surface area contributed by atoms with E-state index in [9.17, 15) is 8.42 Å². The van der Waals surface area contributed by atoms with E-state index in [0.717, 1.165) is 11.1 Å². The van der Waals surface area contributed by atoms with Crippen molar-refractivity contribution in [3.63, 3.8) is 0 Å². The molecule has 2 atom stereocenters. The normalized spacial score (nSPS) is 12.9. The molecule has 0 saturated heterocycles. The van der Waals surface area contributed by atoms with E-state index in [4.69, 9.17) is 18.9 Å². The fourth-order valence-corrected chi connectivity index (χ4v) is 5.28. The molecule has 0 aliphatic carbocycles. The van der Waals surface area contributed by atoms with Crippen molar-refractivity contribution in [2.75, 3.05) is 33.2 Å². The summed E-state index contributed by atoms with van der Waals surface area (Å²) in [6.45, 7) is 3.36. The minimum absolute atomic E-state index is 0.0437. The smallest absolute Gasteiger partial charge is 0.243 e. The maximum atomic E-state index is 13.7. The van der Waals surface area contributed by atoms with E-state index in [-0.39, 0.29) is 11.8 Å². The Balaban J connectivity index is 1.78. The molecule has 4 aromatic rings. The lowest BCUT2D eigenvalue weighted by Gasteiger charge is -2.23. The minimum Gasteiger partial charge on any atom is -0.497 e. The molecule has 212 valence electrons. The van der Waals surface area contributed by atoms with E-state index in [1.165, 1.54) is 28.3 Å². The highest BCUT2D eigenvalue weighted by Crippen LogP contribution is 2.36. The van der Waals surface area contributed by atoms with Crippen LogP contribution in [0.3, 0.4) is 0 Å². The van der Waals surface area contributed by atoms with Crippen LogP contribution in [0.2, 0.25) is 0 Å². The van der Waals surface area contributed by atoms with Gasteiger partial charge in [0.2, 0.25) is 16.0 Å². The van der Waals surface area contributed by atoms with E-state index in [1.54, 1.807) is 42.3 Å². The van der Waals surface area contributed by atoms with E-state index >= 15 is 0 Å². The first kappa shape index (κ1) is 28.8. The predicted molar refractivity (Wildman–Crippen MR) is 149 cm³/mol. The van der Waals surface area contributed by atoms with Crippen molar-refractivity contribution < 1.29 is 27.4 Å². The first-order chi connectivity index (χ1) is 19.2. The zero-order chi connectivity index (χ0) is 28.9. The minimum atomic E-state index is -4.10. The van der Waals surface area contributed by atoms with Crippen LogP contribution in [0.5, 0.6) is 17.2 Å². The Morgan fingerprint density at radius 2 is 1.52 bits per heavy atom. The highest BCUT2D eigenvalue weighted by Gasteiger charge is 2.35. The third-order valence-corrected chi connectivity index (χ3v) is 8.03.